The van der Waals surface area contributed by atoms with Gasteiger partial charge in [0, 0.05) is 47.6 Å². The Labute approximate surface area is 247 Å². The fourth-order valence-electron chi connectivity index (χ4n) is 3.64. The van der Waals surface area contributed by atoms with Crippen molar-refractivity contribution in [3.63, 3.8) is 0 Å². The first-order valence-electron chi connectivity index (χ1n) is 13.2. The second-order valence-corrected chi connectivity index (χ2v) is 24.1. The molecule has 0 aliphatic rings. The summed E-state index contributed by atoms with van der Waals surface area (Å²) in [5.41, 5.74) is 2.00. The number of hydrogen-bond donors (Lipinski definition) is 0. The second kappa shape index (κ2) is 14.3. The van der Waals surface area contributed by atoms with E-state index in [0.717, 1.165) is 17.7 Å². The first kappa shape index (κ1) is 32.5. The number of rotatable bonds is 16. The molecule has 0 atom stereocenters. The number of fused-ring (bicyclic) bond motifs is 1. The maximum Gasteiger partial charge on any atom is 0.269 e. The van der Waals surface area contributed by atoms with Crippen LogP contribution in [0.15, 0.2) is 30.3 Å². The summed E-state index contributed by atoms with van der Waals surface area (Å²) >= 11 is 13.4. The van der Waals surface area contributed by atoms with Crippen LogP contribution < -0.4 is 4.74 Å². The molecule has 0 spiro atoms. The lowest BCUT2D eigenvalue weighted by atomic mass is 10.2. The highest BCUT2D eigenvalue weighted by molar-refractivity contribution is 6.76. The maximum atomic E-state index is 10.9. The summed E-state index contributed by atoms with van der Waals surface area (Å²) in [5, 5.41) is 11.5. The third-order valence-electron chi connectivity index (χ3n) is 6.11. The zero-order valence-corrected chi connectivity index (χ0v) is 27.6. The first-order chi connectivity index (χ1) is 18.7. The predicted octanol–water partition coefficient (Wildman–Crippen LogP) is 7.97. The summed E-state index contributed by atoms with van der Waals surface area (Å²) in [6.07, 6.45) is 0. The van der Waals surface area contributed by atoms with Crippen molar-refractivity contribution in [3.05, 3.63) is 61.9 Å². The molecule has 0 saturated carbocycles. The van der Waals surface area contributed by atoms with E-state index in [1.807, 2.05) is 4.57 Å². The van der Waals surface area contributed by atoms with Crippen LogP contribution in [0.3, 0.4) is 0 Å². The number of nitro benzene ring substituents is 1. The number of ether oxygens (including phenoxy) is 4. The van der Waals surface area contributed by atoms with Gasteiger partial charge in [-0.3, -0.25) is 10.1 Å². The maximum absolute atomic E-state index is 10.9. The molecular formula is C27H39Cl2N3O6Si2. The third-order valence-corrected chi connectivity index (χ3v) is 10.4. The minimum atomic E-state index is -1.25. The molecule has 9 nitrogen and oxygen atoms in total. The van der Waals surface area contributed by atoms with Crippen LogP contribution in [-0.2, 0) is 34.2 Å². The topological polar surface area (TPSA) is 97.9 Å². The number of hydrogen-bond acceptors (Lipinski definition) is 7. The summed E-state index contributed by atoms with van der Waals surface area (Å²) in [5.74, 6) is 1.01. The van der Waals surface area contributed by atoms with E-state index in [0.29, 0.717) is 40.8 Å². The highest BCUT2D eigenvalue weighted by Gasteiger charge is 2.21. The van der Waals surface area contributed by atoms with Gasteiger partial charge in [0.2, 0.25) is 0 Å². The Hall–Kier alpha value is -2.00. The molecule has 0 amide bonds. The predicted molar refractivity (Wildman–Crippen MR) is 165 cm³/mol. The zero-order chi connectivity index (χ0) is 29.5. The normalized spacial score (nSPS) is 12.3. The van der Waals surface area contributed by atoms with Gasteiger partial charge >= 0.3 is 0 Å². The van der Waals surface area contributed by atoms with Crippen LogP contribution in [0.2, 0.25) is 61.4 Å². The van der Waals surface area contributed by atoms with E-state index in [1.54, 1.807) is 18.2 Å². The number of aromatic nitrogens is 2. The Morgan fingerprint density at radius 2 is 1.52 bits per heavy atom. The number of nitrogens with zero attached hydrogens (tertiary/aromatic N) is 3. The molecule has 3 rings (SSSR count). The van der Waals surface area contributed by atoms with Crippen molar-refractivity contribution in [2.75, 3.05) is 20.0 Å². The molecule has 0 aliphatic carbocycles. The lowest BCUT2D eigenvalue weighted by Gasteiger charge is -2.17. The van der Waals surface area contributed by atoms with Gasteiger partial charge in [-0.2, -0.15) is 0 Å². The fourth-order valence-corrected chi connectivity index (χ4v) is 5.65. The molecule has 0 saturated heterocycles. The minimum absolute atomic E-state index is 0.0139. The number of non-ortho nitro benzene ring substituents is 1. The first-order valence-corrected chi connectivity index (χ1v) is 21.4. The molecule has 40 heavy (non-hydrogen) atoms. The van der Waals surface area contributed by atoms with Crippen molar-refractivity contribution in [2.45, 2.75) is 71.3 Å². The van der Waals surface area contributed by atoms with Crippen molar-refractivity contribution in [3.8, 4) is 5.75 Å². The van der Waals surface area contributed by atoms with Gasteiger partial charge in [-0.05, 0) is 29.8 Å². The highest BCUT2D eigenvalue weighted by Crippen LogP contribution is 2.39. The van der Waals surface area contributed by atoms with Crippen LogP contribution in [-0.4, -0.2) is 50.6 Å². The monoisotopic (exact) mass is 627 g/mol. The molecule has 2 aromatic carbocycles. The third kappa shape index (κ3) is 9.83. The molecule has 0 aliphatic heterocycles. The van der Waals surface area contributed by atoms with Gasteiger partial charge in [-0.15, -0.1) is 0 Å². The Bertz CT molecular complexity index is 1290. The molecule has 0 fully saturated rings. The summed E-state index contributed by atoms with van der Waals surface area (Å²) < 4.78 is 25.3. The Kier molecular flexibility index (Phi) is 11.6. The van der Waals surface area contributed by atoms with E-state index >= 15 is 0 Å². The van der Waals surface area contributed by atoms with Crippen molar-refractivity contribution in [1.82, 2.24) is 9.55 Å². The van der Waals surface area contributed by atoms with Gasteiger partial charge in [0.25, 0.3) is 5.69 Å². The van der Waals surface area contributed by atoms with Crippen LogP contribution >= 0.6 is 23.2 Å². The van der Waals surface area contributed by atoms with E-state index in [9.17, 15) is 10.1 Å². The molecular weight excluding hydrogens is 589 g/mol. The molecule has 220 valence electrons. The van der Waals surface area contributed by atoms with Crippen LogP contribution in [0, 0.1) is 10.1 Å². The molecule has 1 heterocycles. The SMILES string of the molecule is C[Si](C)(C)CCOCOCc1nc2cc(OCc3ccc([N+](=O)[O-])cc3)c(Cl)c(Cl)c2n1COCC[Si](C)(C)C. The van der Waals surface area contributed by atoms with Crippen LogP contribution in [0.25, 0.3) is 11.0 Å². The van der Waals surface area contributed by atoms with E-state index in [1.165, 1.54) is 12.1 Å². The Balaban J connectivity index is 1.78. The molecule has 0 radical (unpaired) electrons. The van der Waals surface area contributed by atoms with Crippen molar-refractivity contribution < 1.29 is 23.9 Å². The molecule has 1 aromatic heterocycles. The van der Waals surface area contributed by atoms with Crippen LogP contribution in [0.1, 0.15) is 11.4 Å². The van der Waals surface area contributed by atoms with Crippen molar-refractivity contribution >= 4 is 56.1 Å². The van der Waals surface area contributed by atoms with E-state index in [4.69, 9.17) is 47.1 Å². The van der Waals surface area contributed by atoms with Gasteiger partial charge in [-0.25, -0.2) is 4.98 Å². The smallest absolute Gasteiger partial charge is 0.269 e. The minimum Gasteiger partial charge on any atom is -0.487 e. The average Bonchev–Trinajstić information content (AvgIpc) is 3.21. The fraction of sp³-hybridized carbons (Fsp3) is 0.519. The molecule has 3 aromatic rings. The van der Waals surface area contributed by atoms with Gasteiger partial charge in [0.05, 0.1) is 21.0 Å². The largest absolute Gasteiger partial charge is 0.487 e. The Morgan fingerprint density at radius 1 is 0.900 bits per heavy atom. The number of halogens is 2. The lowest BCUT2D eigenvalue weighted by Crippen LogP contribution is -2.22. The van der Waals surface area contributed by atoms with Gasteiger partial charge in [-0.1, -0.05) is 62.5 Å². The van der Waals surface area contributed by atoms with Gasteiger partial charge in [0.15, 0.2) is 0 Å². The zero-order valence-electron chi connectivity index (χ0n) is 24.1. The second-order valence-electron chi connectivity index (χ2n) is 12.1. The summed E-state index contributed by atoms with van der Waals surface area (Å²) in [4.78, 5) is 15.2. The summed E-state index contributed by atoms with van der Waals surface area (Å²) in [6.45, 7) is 15.9. The molecule has 13 heteroatoms. The van der Waals surface area contributed by atoms with Crippen molar-refractivity contribution in [1.29, 1.82) is 0 Å². The van der Waals surface area contributed by atoms with Crippen LogP contribution in [0.4, 0.5) is 5.69 Å². The van der Waals surface area contributed by atoms with Gasteiger partial charge in [0.1, 0.15) is 43.3 Å². The lowest BCUT2D eigenvalue weighted by molar-refractivity contribution is -0.384. The van der Waals surface area contributed by atoms with Crippen molar-refractivity contribution in [2.24, 2.45) is 0 Å². The molecule has 0 N–H and O–H groups in total. The van der Waals surface area contributed by atoms with Crippen LogP contribution in [0.5, 0.6) is 5.75 Å². The number of benzene rings is 2. The molecule has 0 unspecified atom stereocenters. The van der Waals surface area contributed by atoms with E-state index in [-0.39, 0.29) is 37.4 Å². The van der Waals surface area contributed by atoms with E-state index in [2.05, 4.69) is 39.3 Å². The number of nitro groups is 1. The quantitative estimate of drug-likeness (QED) is 0.0522. The highest BCUT2D eigenvalue weighted by atomic mass is 35.5. The van der Waals surface area contributed by atoms with Gasteiger partial charge < -0.3 is 23.5 Å². The Morgan fingerprint density at radius 3 is 2.12 bits per heavy atom. The summed E-state index contributed by atoms with van der Waals surface area (Å²) in [7, 11) is -2.43. The number of imidazole rings is 1. The average molecular weight is 629 g/mol. The van der Waals surface area contributed by atoms with E-state index < -0.39 is 21.1 Å². The summed E-state index contributed by atoms with van der Waals surface area (Å²) in [6, 6.07) is 9.98. The molecule has 0 bridgehead atoms. The standard InChI is InChI=1S/C27H39Cl2N3O6Si2/c1-39(2,3)13-11-35-18-31-24(17-37-19-36-12-14-40(4,5)6)30-22-15-23(25(28)26(29)27(22)31)38-16-20-7-9-21(10-8-20)32(33)34/h7-10,15H,11-14,16-19H2,1-6H3.